The lowest BCUT2D eigenvalue weighted by molar-refractivity contribution is 0.0189. The molecule has 6 heteroatoms. The molecule has 1 aliphatic carbocycles. The lowest BCUT2D eigenvalue weighted by Crippen LogP contribution is -2.34. The zero-order valence-corrected chi connectivity index (χ0v) is 18.8. The molecule has 3 aromatic rings. The Balaban J connectivity index is 1.50. The molecule has 170 valence electrons. The van der Waals surface area contributed by atoms with Gasteiger partial charge in [0.05, 0.1) is 18.2 Å². The highest BCUT2D eigenvalue weighted by molar-refractivity contribution is 5.48. The molecule has 0 unspecified atom stereocenters. The van der Waals surface area contributed by atoms with E-state index in [0.29, 0.717) is 0 Å². The van der Waals surface area contributed by atoms with E-state index in [-0.39, 0.29) is 6.10 Å². The molecule has 32 heavy (non-hydrogen) atoms. The molecule has 1 aliphatic rings. The van der Waals surface area contributed by atoms with Crippen molar-refractivity contribution in [1.29, 1.82) is 0 Å². The van der Waals surface area contributed by atoms with Crippen molar-refractivity contribution in [2.45, 2.75) is 70.4 Å². The van der Waals surface area contributed by atoms with Gasteiger partial charge in [-0.2, -0.15) is 0 Å². The molecule has 0 saturated heterocycles. The van der Waals surface area contributed by atoms with Crippen LogP contribution in [0.15, 0.2) is 60.9 Å². The van der Waals surface area contributed by atoms with Gasteiger partial charge in [0.25, 0.3) is 0 Å². The van der Waals surface area contributed by atoms with Crippen molar-refractivity contribution < 1.29 is 14.9 Å². The Morgan fingerprint density at radius 3 is 2.53 bits per heavy atom. The van der Waals surface area contributed by atoms with Crippen molar-refractivity contribution in [2.24, 2.45) is 0 Å². The van der Waals surface area contributed by atoms with Gasteiger partial charge in [-0.15, -0.1) is 0 Å². The average molecular weight is 436 g/mol. The van der Waals surface area contributed by atoms with Gasteiger partial charge in [-0.1, -0.05) is 24.3 Å². The van der Waals surface area contributed by atoms with Crippen LogP contribution in [0.1, 0.15) is 55.6 Å². The minimum absolute atomic E-state index is 0.269. The summed E-state index contributed by atoms with van der Waals surface area (Å²) in [6, 6.07) is 15.5. The highest BCUT2D eigenvalue weighted by Crippen LogP contribution is 2.30. The van der Waals surface area contributed by atoms with Crippen LogP contribution in [0.25, 0.3) is 0 Å². The van der Waals surface area contributed by atoms with Gasteiger partial charge in [-0.05, 0) is 74.9 Å². The molecular formula is C26H33N3O3. The van der Waals surface area contributed by atoms with E-state index in [1.54, 1.807) is 13.1 Å². The van der Waals surface area contributed by atoms with Gasteiger partial charge in [0.1, 0.15) is 17.7 Å². The second-order valence-electron chi connectivity index (χ2n) is 8.75. The average Bonchev–Trinajstić information content (AvgIpc) is 3.45. The monoisotopic (exact) mass is 435 g/mol. The minimum atomic E-state index is -0.968. The van der Waals surface area contributed by atoms with E-state index >= 15 is 0 Å². The predicted molar refractivity (Wildman–Crippen MR) is 126 cm³/mol. The molecule has 0 radical (unpaired) electrons. The van der Waals surface area contributed by atoms with Crippen molar-refractivity contribution in [1.82, 2.24) is 9.55 Å². The molecule has 0 bridgehead atoms. The normalized spacial score (nSPS) is 17.1. The summed E-state index contributed by atoms with van der Waals surface area (Å²) in [6.07, 6.45) is 6.80. The number of hydrogen-bond acceptors (Lipinski definition) is 5. The number of aliphatic hydroxyl groups is 2. The first-order chi connectivity index (χ1) is 15.5. The predicted octanol–water partition coefficient (Wildman–Crippen LogP) is 4.46. The third-order valence-electron chi connectivity index (χ3n) is 6.21. The number of aliphatic hydroxyl groups excluding tert-OH is 2. The van der Waals surface area contributed by atoms with E-state index in [1.165, 1.54) is 12.8 Å². The molecule has 6 nitrogen and oxygen atoms in total. The third-order valence-corrected chi connectivity index (χ3v) is 6.21. The van der Waals surface area contributed by atoms with Crippen LogP contribution >= 0.6 is 0 Å². The minimum Gasteiger partial charge on any atom is -0.490 e. The summed E-state index contributed by atoms with van der Waals surface area (Å²) >= 11 is 0. The van der Waals surface area contributed by atoms with Gasteiger partial charge in [0.2, 0.25) is 0 Å². The fourth-order valence-electron chi connectivity index (χ4n) is 4.28. The van der Waals surface area contributed by atoms with E-state index in [0.717, 1.165) is 47.8 Å². The maximum atomic E-state index is 10.8. The molecule has 0 amide bonds. The van der Waals surface area contributed by atoms with Gasteiger partial charge in [0, 0.05) is 24.6 Å². The number of aryl methyl sites for hydroxylation is 1. The first kappa shape index (κ1) is 22.4. The smallest absolute Gasteiger partial charge is 0.120 e. The molecule has 3 atom stereocenters. The molecule has 1 heterocycles. The van der Waals surface area contributed by atoms with Gasteiger partial charge < -0.3 is 24.8 Å². The summed E-state index contributed by atoms with van der Waals surface area (Å²) in [4.78, 5) is 4.27. The van der Waals surface area contributed by atoms with E-state index in [2.05, 4.69) is 27.0 Å². The topological polar surface area (TPSA) is 79.5 Å². The lowest BCUT2D eigenvalue weighted by Gasteiger charge is -2.28. The quantitative estimate of drug-likeness (QED) is 0.463. The van der Waals surface area contributed by atoms with Crippen LogP contribution in [-0.4, -0.2) is 38.1 Å². The zero-order chi connectivity index (χ0) is 22.5. The van der Waals surface area contributed by atoms with Crippen molar-refractivity contribution in [3.05, 3.63) is 77.9 Å². The number of anilines is 1. The summed E-state index contributed by atoms with van der Waals surface area (Å²) in [5.41, 5.74) is 2.92. The highest BCUT2D eigenvalue weighted by atomic mass is 16.5. The van der Waals surface area contributed by atoms with Crippen molar-refractivity contribution in [2.75, 3.05) is 5.32 Å². The van der Waals surface area contributed by atoms with Gasteiger partial charge >= 0.3 is 0 Å². The first-order valence-electron chi connectivity index (χ1n) is 11.5. The van der Waals surface area contributed by atoms with E-state index < -0.39 is 18.2 Å². The molecule has 0 spiro atoms. The molecule has 3 N–H and O–H groups in total. The number of nitrogens with zero attached hydrogens (tertiary/aromatic N) is 2. The molecule has 2 aromatic carbocycles. The largest absolute Gasteiger partial charge is 0.490 e. The van der Waals surface area contributed by atoms with Gasteiger partial charge in [-0.3, -0.25) is 0 Å². The highest BCUT2D eigenvalue weighted by Gasteiger charge is 2.26. The summed E-state index contributed by atoms with van der Waals surface area (Å²) in [5.74, 6) is 1.79. The third kappa shape index (κ3) is 5.50. The fraction of sp³-hybridized carbons (Fsp3) is 0.423. The van der Waals surface area contributed by atoms with Crippen LogP contribution in [0, 0.1) is 6.92 Å². The van der Waals surface area contributed by atoms with Crippen LogP contribution in [0.5, 0.6) is 5.75 Å². The van der Waals surface area contributed by atoms with Crippen molar-refractivity contribution >= 4 is 5.69 Å². The Labute approximate surface area is 189 Å². The van der Waals surface area contributed by atoms with Gasteiger partial charge in [-0.25, -0.2) is 4.98 Å². The fourth-order valence-corrected chi connectivity index (χ4v) is 4.28. The lowest BCUT2D eigenvalue weighted by atomic mass is 9.97. The Kier molecular flexibility index (Phi) is 7.12. The second-order valence-corrected chi connectivity index (χ2v) is 8.75. The number of nitrogens with one attached hydrogen (secondary N) is 1. The summed E-state index contributed by atoms with van der Waals surface area (Å²) in [6.45, 7) is 4.35. The van der Waals surface area contributed by atoms with E-state index in [4.69, 9.17) is 4.74 Å². The standard InChI is InChI=1S/C26H33N3O3/c1-18(30)26(31)25(21-6-5-9-24(16-21)32-23-7-3-4-8-23)28-22-12-10-20(11-13-22)17-29-15-14-27-19(29)2/h5-6,9-16,18,23,25-26,28,30-31H,3-4,7-8,17H2,1-2H3/t18-,25+,26+/m0/s1. The van der Waals surface area contributed by atoms with E-state index in [9.17, 15) is 10.2 Å². The first-order valence-corrected chi connectivity index (χ1v) is 11.5. The van der Waals surface area contributed by atoms with Crippen LogP contribution < -0.4 is 10.1 Å². The molecule has 4 rings (SSSR count). The maximum absolute atomic E-state index is 10.8. The number of hydrogen-bond donors (Lipinski definition) is 3. The Hall–Kier alpha value is -2.83. The molecule has 1 aromatic heterocycles. The SMILES string of the molecule is Cc1nccn1Cc1ccc(N[C@H](c2cccc(OC3CCCC3)c2)[C@H](O)[C@H](C)O)cc1. The van der Waals surface area contributed by atoms with Crippen LogP contribution in [0.2, 0.25) is 0 Å². The zero-order valence-electron chi connectivity index (χ0n) is 18.8. The molecular weight excluding hydrogens is 402 g/mol. The summed E-state index contributed by atoms with van der Waals surface area (Å²) in [5, 5.41) is 24.3. The Bertz CT molecular complexity index is 994. The molecule has 0 aliphatic heterocycles. The molecule has 1 saturated carbocycles. The number of ether oxygens (including phenoxy) is 1. The number of aromatic nitrogens is 2. The summed E-state index contributed by atoms with van der Waals surface area (Å²) < 4.78 is 8.25. The van der Waals surface area contributed by atoms with E-state index in [1.807, 2.05) is 49.5 Å². The van der Waals surface area contributed by atoms with Crippen molar-refractivity contribution in [3.63, 3.8) is 0 Å². The summed E-state index contributed by atoms with van der Waals surface area (Å²) in [7, 11) is 0. The Morgan fingerprint density at radius 1 is 1.12 bits per heavy atom. The number of rotatable bonds is 9. The second kappa shape index (κ2) is 10.2. The maximum Gasteiger partial charge on any atom is 0.120 e. The van der Waals surface area contributed by atoms with Gasteiger partial charge in [0.15, 0.2) is 0 Å². The number of benzene rings is 2. The Morgan fingerprint density at radius 2 is 1.88 bits per heavy atom. The molecule has 1 fully saturated rings. The number of imidazole rings is 1. The van der Waals surface area contributed by atoms with Crippen LogP contribution in [-0.2, 0) is 6.54 Å². The van der Waals surface area contributed by atoms with Crippen LogP contribution in [0.3, 0.4) is 0 Å². The van der Waals surface area contributed by atoms with Crippen molar-refractivity contribution in [3.8, 4) is 5.75 Å². The van der Waals surface area contributed by atoms with Crippen LogP contribution in [0.4, 0.5) is 5.69 Å².